The zero-order valence-electron chi connectivity index (χ0n) is 12.7. The molecule has 0 fully saturated rings. The molecule has 23 heavy (non-hydrogen) atoms. The van der Waals surface area contributed by atoms with Crippen molar-refractivity contribution in [2.24, 2.45) is 7.05 Å². The second-order valence-electron chi connectivity index (χ2n) is 5.47. The number of aryl methyl sites for hydroxylation is 2. The monoisotopic (exact) mass is 351 g/mol. The topological polar surface area (TPSA) is 29.9 Å². The molecule has 1 N–H and O–H groups in total. The Morgan fingerprint density at radius 3 is 2.74 bits per heavy atom. The van der Waals surface area contributed by atoms with Crippen LogP contribution in [0.5, 0.6) is 0 Å². The Hall–Kier alpha value is -1.78. The fraction of sp³-hybridized carbons (Fsp3) is 0.235. The third-order valence-corrected chi connectivity index (χ3v) is 4.54. The van der Waals surface area contributed by atoms with E-state index in [4.69, 9.17) is 23.2 Å². The number of alkyl halides is 2. The molecule has 0 bridgehead atoms. The predicted octanol–water partition coefficient (Wildman–Crippen LogP) is 5.24. The molecule has 2 atom stereocenters. The molecule has 0 saturated carbocycles. The molecule has 0 radical (unpaired) electrons. The molecule has 6 heteroatoms. The van der Waals surface area contributed by atoms with E-state index in [1.165, 1.54) is 6.08 Å². The molecule has 0 aliphatic heterocycles. The highest BCUT2D eigenvalue weighted by Gasteiger charge is 2.39. The van der Waals surface area contributed by atoms with Gasteiger partial charge in [-0.3, -0.25) is 4.68 Å². The van der Waals surface area contributed by atoms with E-state index in [-0.39, 0.29) is 0 Å². The Balaban J connectivity index is 2.07. The van der Waals surface area contributed by atoms with Crippen molar-refractivity contribution in [1.82, 2.24) is 9.78 Å². The SMILES string of the molecule is Cc1nn(C)c(Nc2ccccc2Cl)c1C1C=CC=CC1(F)Cl. The van der Waals surface area contributed by atoms with Gasteiger partial charge in [0.1, 0.15) is 5.82 Å². The van der Waals surface area contributed by atoms with Crippen molar-refractivity contribution in [3.63, 3.8) is 0 Å². The molecule has 3 rings (SSSR count). The van der Waals surface area contributed by atoms with Gasteiger partial charge in [-0.25, -0.2) is 4.39 Å². The summed E-state index contributed by atoms with van der Waals surface area (Å²) in [5.74, 6) is 0.0380. The lowest BCUT2D eigenvalue weighted by atomic mass is 9.90. The second kappa shape index (κ2) is 6.02. The van der Waals surface area contributed by atoms with Gasteiger partial charge in [0.15, 0.2) is 0 Å². The normalized spacial score (nSPS) is 23.3. The van der Waals surface area contributed by atoms with Gasteiger partial charge in [0.05, 0.1) is 22.3 Å². The second-order valence-corrected chi connectivity index (χ2v) is 6.46. The average Bonchev–Trinajstić information content (AvgIpc) is 2.75. The van der Waals surface area contributed by atoms with Crippen molar-refractivity contribution in [3.8, 4) is 0 Å². The number of para-hydroxylation sites is 1. The van der Waals surface area contributed by atoms with Crippen LogP contribution in [0.1, 0.15) is 17.2 Å². The molecule has 0 amide bonds. The van der Waals surface area contributed by atoms with Crippen LogP contribution in [0, 0.1) is 6.92 Å². The van der Waals surface area contributed by atoms with Crippen LogP contribution in [0.15, 0.2) is 48.6 Å². The van der Waals surface area contributed by atoms with Crippen molar-refractivity contribution in [1.29, 1.82) is 0 Å². The Labute approximate surface area is 144 Å². The van der Waals surface area contributed by atoms with Gasteiger partial charge in [0.25, 0.3) is 0 Å². The van der Waals surface area contributed by atoms with Gasteiger partial charge in [-0.15, -0.1) is 0 Å². The highest BCUT2D eigenvalue weighted by atomic mass is 35.5. The van der Waals surface area contributed by atoms with E-state index >= 15 is 0 Å². The van der Waals surface area contributed by atoms with Gasteiger partial charge in [0.2, 0.25) is 5.13 Å². The zero-order chi connectivity index (χ0) is 16.6. The highest BCUT2D eigenvalue weighted by molar-refractivity contribution is 6.33. The van der Waals surface area contributed by atoms with E-state index in [0.717, 1.165) is 11.4 Å². The van der Waals surface area contributed by atoms with E-state index in [0.29, 0.717) is 16.4 Å². The van der Waals surface area contributed by atoms with Crippen molar-refractivity contribution in [2.75, 3.05) is 5.32 Å². The average molecular weight is 352 g/mol. The number of aromatic nitrogens is 2. The smallest absolute Gasteiger partial charge is 0.212 e. The fourth-order valence-electron chi connectivity index (χ4n) is 2.76. The minimum Gasteiger partial charge on any atom is -0.339 e. The van der Waals surface area contributed by atoms with Gasteiger partial charge in [-0.05, 0) is 25.1 Å². The van der Waals surface area contributed by atoms with E-state index in [1.54, 1.807) is 36.0 Å². The summed E-state index contributed by atoms with van der Waals surface area (Å²) in [4.78, 5) is 0. The van der Waals surface area contributed by atoms with Gasteiger partial charge in [0, 0.05) is 12.6 Å². The van der Waals surface area contributed by atoms with Crippen LogP contribution in [-0.2, 0) is 7.05 Å². The molecule has 2 aromatic rings. The maximum atomic E-state index is 14.7. The van der Waals surface area contributed by atoms with Crippen LogP contribution in [0.4, 0.5) is 15.9 Å². The Bertz CT molecular complexity index is 793. The maximum absolute atomic E-state index is 14.7. The first-order valence-corrected chi connectivity index (χ1v) is 7.94. The van der Waals surface area contributed by atoms with Crippen LogP contribution >= 0.6 is 23.2 Å². The van der Waals surface area contributed by atoms with E-state index in [9.17, 15) is 4.39 Å². The van der Waals surface area contributed by atoms with Crippen LogP contribution in [0.3, 0.4) is 0 Å². The third-order valence-electron chi connectivity index (χ3n) is 3.85. The molecule has 0 spiro atoms. The molecule has 3 nitrogen and oxygen atoms in total. The molecular weight excluding hydrogens is 336 g/mol. The van der Waals surface area contributed by atoms with Crippen LogP contribution < -0.4 is 5.32 Å². The summed E-state index contributed by atoms with van der Waals surface area (Å²) in [6.07, 6.45) is 6.49. The summed E-state index contributed by atoms with van der Waals surface area (Å²) in [6, 6.07) is 7.37. The number of allylic oxidation sites excluding steroid dienone is 4. The lowest BCUT2D eigenvalue weighted by molar-refractivity contribution is 0.315. The van der Waals surface area contributed by atoms with Crippen molar-refractivity contribution in [2.45, 2.75) is 18.0 Å². The summed E-state index contributed by atoms with van der Waals surface area (Å²) in [5, 5.41) is 6.25. The molecule has 2 unspecified atom stereocenters. The first-order chi connectivity index (χ1) is 10.9. The minimum atomic E-state index is -1.99. The molecule has 1 aliphatic carbocycles. The number of anilines is 2. The standard InChI is InChI=1S/C17H16Cl2FN3/c1-11-15(12-7-5-6-10-17(12,19)20)16(23(2)22-11)21-14-9-4-3-8-13(14)18/h3-10,12,21H,1-2H3. The number of rotatable bonds is 3. The van der Waals surface area contributed by atoms with Gasteiger partial charge >= 0.3 is 0 Å². The van der Waals surface area contributed by atoms with E-state index < -0.39 is 11.0 Å². The summed E-state index contributed by atoms with van der Waals surface area (Å²) < 4.78 is 16.4. The first kappa shape index (κ1) is 16.1. The summed E-state index contributed by atoms with van der Waals surface area (Å²) >= 11 is 12.3. The minimum absolute atomic E-state index is 0.578. The molecule has 120 valence electrons. The predicted molar refractivity (Wildman–Crippen MR) is 93.4 cm³/mol. The molecule has 0 saturated heterocycles. The zero-order valence-corrected chi connectivity index (χ0v) is 14.2. The van der Waals surface area contributed by atoms with Crippen LogP contribution in [-0.4, -0.2) is 14.9 Å². The van der Waals surface area contributed by atoms with Crippen molar-refractivity contribution >= 4 is 34.7 Å². The fourth-order valence-corrected chi connectivity index (χ4v) is 3.20. The van der Waals surface area contributed by atoms with Gasteiger partial charge in [-0.2, -0.15) is 5.10 Å². The Morgan fingerprint density at radius 2 is 2.04 bits per heavy atom. The maximum Gasteiger partial charge on any atom is 0.212 e. The van der Waals surface area contributed by atoms with Crippen molar-refractivity contribution in [3.05, 3.63) is 64.8 Å². The lowest BCUT2D eigenvalue weighted by Crippen LogP contribution is -2.23. The van der Waals surface area contributed by atoms with Crippen LogP contribution in [0.2, 0.25) is 5.02 Å². The molecule has 1 heterocycles. The van der Waals surface area contributed by atoms with Crippen LogP contribution in [0.25, 0.3) is 0 Å². The molecule has 1 aromatic heterocycles. The lowest BCUT2D eigenvalue weighted by Gasteiger charge is -2.26. The van der Waals surface area contributed by atoms with Crippen molar-refractivity contribution < 1.29 is 4.39 Å². The number of hydrogen-bond donors (Lipinski definition) is 1. The summed E-state index contributed by atoms with van der Waals surface area (Å²) in [6.45, 7) is 1.84. The molecule has 1 aromatic carbocycles. The molecule has 1 aliphatic rings. The van der Waals surface area contributed by atoms with Gasteiger partial charge in [-0.1, -0.05) is 53.6 Å². The summed E-state index contributed by atoms with van der Waals surface area (Å²) in [7, 11) is 1.80. The third kappa shape index (κ3) is 3.01. The first-order valence-electron chi connectivity index (χ1n) is 7.19. The number of halogens is 3. The quantitative estimate of drug-likeness (QED) is 0.766. The van der Waals surface area contributed by atoms with E-state index in [2.05, 4.69) is 10.4 Å². The largest absolute Gasteiger partial charge is 0.339 e. The summed E-state index contributed by atoms with van der Waals surface area (Å²) in [5.41, 5.74) is 2.16. The number of nitrogens with zero attached hydrogens (tertiary/aromatic N) is 2. The highest BCUT2D eigenvalue weighted by Crippen LogP contribution is 2.44. The number of hydrogen-bond acceptors (Lipinski definition) is 2. The van der Waals surface area contributed by atoms with Gasteiger partial charge < -0.3 is 5.32 Å². The molecular formula is C17H16Cl2FN3. The Kier molecular flexibility index (Phi) is 4.21. The number of benzene rings is 1. The Morgan fingerprint density at radius 1 is 1.30 bits per heavy atom. The van der Waals surface area contributed by atoms with E-state index in [1.807, 2.05) is 25.1 Å². The number of nitrogens with one attached hydrogen (secondary N) is 1.